The molecule has 0 saturated heterocycles. The molecular formula is C19H36IN5. The summed E-state index contributed by atoms with van der Waals surface area (Å²) >= 11 is 0. The van der Waals surface area contributed by atoms with Crippen LogP contribution in [0.3, 0.4) is 0 Å². The van der Waals surface area contributed by atoms with Crippen molar-refractivity contribution in [1.82, 2.24) is 20.2 Å². The molecule has 0 aromatic carbocycles. The molecule has 1 aromatic heterocycles. The van der Waals surface area contributed by atoms with E-state index in [0.29, 0.717) is 6.04 Å². The molecule has 1 aliphatic carbocycles. The van der Waals surface area contributed by atoms with E-state index in [1.54, 1.807) is 0 Å². The van der Waals surface area contributed by atoms with E-state index in [1.807, 2.05) is 13.2 Å². The zero-order valence-corrected chi connectivity index (χ0v) is 18.5. The van der Waals surface area contributed by atoms with Crippen molar-refractivity contribution < 1.29 is 0 Å². The Morgan fingerprint density at radius 1 is 1.28 bits per heavy atom. The van der Waals surface area contributed by atoms with Gasteiger partial charge in [-0.2, -0.15) is 0 Å². The van der Waals surface area contributed by atoms with Gasteiger partial charge in [-0.25, -0.2) is 4.98 Å². The molecule has 25 heavy (non-hydrogen) atoms. The molecular weight excluding hydrogens is 425 g/mol. The fourth-order valence-electron chi connectivity index (χ4n) is 3.65. The monoisotopic (exact) mass is 461 g/mol. The fraction of sp³-hybridized carbons (Fsp3) is 0.789. The summed E-state index contributed by atoms with van der Waals surface area (Å²) in [4.78, 5) is 8.64. The van der Waals surface area contributed by atoms with Gasteiger partial charge in [0, 0.05) is 38.6 Å². The lowest BCUT2D eigenvalue weighted by Crippen LogP contribution is -2.45. The second-order valence-electron chi connectivity index (χ2n) is 7.02. The summed E-state index contributed by atoms with van der Waals surface area (Å²) in [6, 6.07) is 0.595. The average Bonchev–Trinajstić information content (AvgIpc) is 3.00. The second kappa shape index (κ2) is 12.5. The van der Waals surface area contributed by atoms with Crippen LogP contribution in [0.1, 0.15) is 64.1 Å². The van der Waals surface area contributed by atoms with Gasteiger partial charge in [-0.1, -0.05) is 19.8 Å². The molecule has 6 heteroatoms. The Morgan fingerprint density at radius 3 is 2.64 bits per heavy atom. The minimum atomic E-state index is 0. The number of unbranched alkanes of at least 4 members (excludes halogenated alkanes) is 1. The van der Waals surface area contributed by atoms with Crippen molar-refractivity contribution in [2.45, 2.75) is 77.8 Å². The van der Waals surface area contributed by atoms with Gasteiger partial charge in [-0.3, -0.25) is 4.99 Å². The molecule has 0 atom stereocenters. The average molecular weight is 461 g/mol. The molecule has 144 valence electrons. The highest BCUT2D eigenvalue weighted by atomic mass is 127. The van der Waals surface area contributed by atoms with E-state index in [0.717, 1.165) is 43.6 Å². The highest BCUT2D eigenvalue weighted by Gasteiger charge is 2.20. The van der Waals surface area contributed by atoms with E-state index >= 15 is 0 Å². The Morgan fingerprint density at radius 2 is 2.04 bits per heavy atom. The van der Waals surface area contributed by atoms with Crippen molar-refractivity contribution in [3.8, 4) is 0 Å². The third kappa shape index (κ3) is 7.96. The maximum absolute atomic E-state index is 4.38. The summed E-state index contributed by atoms with van der Waals surface area (Å²) in [5.74, 6) is 3.02. The van der Waals surface area contributed by atoms with Gasteiger partial charge in [-0.15, -0.1) is 24.0 Å². The molecule has 0 radical (unpaired) electrons. The van der Waals surface area contributed by atoms with Gasteiger partial charge in [0.25, 0.3) is 0 Å². The number of imidazole rings is 1. The number of guanidine groups is 1. The smallest absolute Gasteiger partial charge is 0.191 e. The minimum Gasteiger partial charge on any atom is -0.356 e. The SMILES string of the molecule is CCCC1CCC(NC(=NC)NCCCCn2ccnc2C)CC1.I. The number of hydrogen-bond donors (Lipinski definition) is 2. The zero-order chi connectivity index (χ0) is 17.2. The van der Waals surface area contributed by atoms with Crippen LogP contribution >= 0.6 is 24.0 Å². The number of halogens is 1. The number of rotatable bonds is 8. The van der Waals surface area contributed by atoms with Crippen molar-refractivity contribution in [3.05, 3.63) is 18.2 Å². The van der Waals surface area contributed by atoms with Crippen LogP contribution in [0.4, 0.5) is 0 Å². The Kier molecular flexibility index (Phi) is 11.2. The molecule has 0 amide bonds. The van der Waals surface area contributed by atoms with Gasteiger partial charge in [0.15, 0.2) is 5.96 Å². The van der Waals surface area contributed by atoms with Gasteiger partial charge in [0.2, 0.25) is 0 Å². The summed E-state index contributed by atoms with van der Waals surface area (Å²) in [6.45, 7) is 6.36. The van der Waals surface area contributed by atoms with Crippen LogP contribution in [-0.2, 0) is 6.54 Å². The summed E-state index contributed by atoms with van der Waals surface area (Å²) in [5, 5.41) is 7.07. The Hall–Kier alpha value is -0.790. The minimum absolute atomic E-state index is 0. The molecule has 1 heterocycles. The van der Waals surface area contributed by atoms with Crippen LogP contribution < -0.4 is 10.6 Å². The molecule has 1 aliphatic rings. The van der Waals surface area contributed by atoms with E-state index in [1.165, 1.54) is 38.5 Å². The van der Waals surface area contributed by atoms with Gasteiger partial charge in [0.1, 0.15) is 5.82 Å². The van der Waals surface area contributed by atoms with Crippen molar-refractivity contribution in [3.63, 3.8) is 0 Å². The third-order valence-corrected chi connectivity index (χ3v) is 5.15. The highest BCUT2D eigenvalue weighted by Crippen LogP contribution is 2.27. The molecule has 2 N–H and O–H groups in total. The lowest BCUT2D eigenvalue weighted by Gasteiger charge is -2.30. The largest absolute Gasteiger partial charge is 0.356 e. The first-order valence-electron chi connectivity index (χ1n) is 9.67. The third-order valence-electron chi connectivity index (χ3n) is 5.15. The van der Waals surface area contributed by atoms with E-state index in [4.69, 9.17) is 0 Å². The van der Waals surface area contributed by atoms with Crippen molar-refractivity contribution >= 4 is 29.9 Å². The summed E-state index contributed by atoms with van der Waals surface area (Å²) in [5.41, 5.74) is 0. The standard InChI is InChI=1S/C19H35N5.HI/c1-4-7-17-8-10-18(11-9-17)23-19(20-3)22-12-5-6-14-24-15-13-21-16(24)2;/h13,15,17-18H,4-12,14H2,1-3H3,(H2,20,22,23);1H. The summed E-state index contributed by atoms with van der Waals surface area (Å²) in [6.07, 6.45) is 14.2. The number of hydrogen-bond acceptors (Lipinski definition) is 2. The molecule has 1 aromatic rings. The number of aromatic nitrogens is 2. The Bertz CT molecular complexity index is 492. The Balaban J connectivity index is 0.00000312. The first-order valence-corrected chi connectivity index (χ1v) is 9.67. The topological polar surface area (TPSA) is 54.2 Å². The molecule has 2 rings (SSSR count). The zero-order valence-electron chi connectivity index (χ0n) is 16.1. The summed E-state index contributed by atoms with van der Waals surface area (Å²) < 4.78 is 2.21. The fourth-order valence-corrected chi connectivity index (χ4v) is 3.65. The van der Waals surface area contributed by atoms with E-state index in [9.17, 15) is 0 Å². The molecule has 0 spiro atoms. The lowest BCUT2D eigenvalue weighted by molar-refractivity contribution is 0.295. The second-order valence-corrected chi connectivity index (χ2v) is 7.02. The molecule has 5 nitrogen and oxygen atoms in total. The Labute approximate surface area is 170 Å². The molecule has 0 bridgehead atoms. The first kappa shape index (κ1) is 22.3. The van der Waals surface area contributed by atoms with Gasteiger partial charge < -0.3 is 15.2 Å². The van der Waals surface area contributed by atoms with Crippen LogP contribution in [0.5, 0.6) is 0 Å². The van der Waals surface area contributed by atoms with E-state index in [2.05, 4.69) is 45.2 Å². The maximum Gasteiger partial charge on any atom is 0.191 e. The lowest BCUT2D eigenvalue weighted by atomic mass is 9.83. The van der Waals surface area contributed by atoms with Crippen LogP contribution in [0.2, 0.25) is 0 Å². The first-order chi connectivity index (χ1) is 11.7. The molecule has 0 unspecified atom stereocenters. The van der Waals surface area contributed by atoms with Crippen LogP contribution in [0, 0.1) is 12.8 Å². The van der Waals surface area contributed by atoms with E-state index < -0.39 is 0 Å². The maximum atomic E-state index is 4.38. The van der Waals surface area contributed by atoms with Crippen LogP contribution in [-0.4, -0.2) is 35.1 Å². The normalized spacial score (nSPS) is 20.8. The molecule has 1 saturated carbocycles. The molecule has 0 aliphatic heterocycles. The number of aliphatic imine (C=N–C) groups is 1. The van der Waals surface area contributed by atoms with Crippen molar-refractivity contribution in [2.24, 2.45) is 10.9 Å². The van der Waals surface area contributed by atoms with Gasteiger partial charge >= 0.3 is 0 Å². The van der Waals surface area contributed by atoms with Crippen molar-refractivity contribution in [2.75, 3.05) is 13.6 Å². The highest BCUT2D eigenvalue weighted by molar-refractivity contribution is 14.0. The van der Waals surface area contributed by atoms with Gasteiger partial charge in [0.05, 0.1) is 0 Å². The predicted molar refractivity (Wildman–Crippen MR) is 117 cm³/mol. The van der Waals surface area contributed by atoms with Crippen LogP contribution in [0.15, 0.2) is 17.4 Å². The quantitative estimate of drug-likeness (QED) is 0.265. The summed E-state index contributed by atoms with van der Waals surface area (Å²) in [7, 11) is 1.87. The van der Waals surface area contributed by atoms with E-state index in [-0.39, 0.29) is 24.0 Å². The molecule has 1 fully saturated rings. The number of nitrogens with zero attached hydrogens (tertiary/aromatic N) is 3. The van der Waals surface area contributed by atoms with Gasteiger partial charge in [-0.05, 0) is 51.4 Å². The predicted octanol–water partition coefficient (Wildman–Crippen LogP) is 4.11. The van der Waals surface area contributed by atoms with Crippen LogP contribution in [0.25, 0.3) is 0 Å². The number of aryl methyl sites for hydroxylation is 2. The number of nitrogens with one attached hydrogen (secondary N) is 2. The van der Waals surface area contributed by atoms with Crippen molar-refractivity contribution in [1.29, 1.82) is 0 Å².